The molecule has 0 atom stereocenters. The van der Waals surface area contributed by atoms with Gasteiger partial charge in [-0.3, -0.25) is 0 Å². The first-order valence-electron chi connectivity index (χ1n) is 5.29. The molecule has 0 saturated heterocycles. The fourth-order valence-electron chi connectivity index (χ4n) is 1.45. The number of rotatable bonds is 5. The Morgan fingerprint density at radius 1 is 1.00 bits per heavy atom. The van der Waals surface area contributed by atoms with Gasteiger partial charge in [-0.1, -0.05) is 0 Å². The monoisotopic (exact) mass is 332 g/mol. The standard InChI is InChI=1S/C11H9ClN2O4S2/c12-20(17,18)5-1-4-19(15,16)11-3-2-9(7-13)10(6-11)8-14/h2-3,6H,1,4-5H2. The third-order valence-electron chi connectivity index (χ3n) is 2.39. The summed E-state index contributed by atoms with van der Waals surface area (Å²) in [6.45, 7) is 0. The Morgan fingerprint density at radius 3 is 2.10 bits per heavy atom. The van der Waals surface area contributed by atoms with E-state index in [9.17, 15) is 16.8 Å². The van der Waals surface area contributed by atoms with Crippen LogP contribution >= 0.6 is 10.7 Å². The van der Waals surface area contributed by atoms with E-state index in [0.717, 1.165) is 6.07 Å². The predicted molar refractivity (Wildman–Crippen MR) is 72.2 cm³/mol. The van der Waals surface area contributed by atoms with E-state index in [4.69, 9.17) is 21.2 Å². The van der Waals surface area contributed by atoms with Crippen LogP contribution in [0, 0.1) is 22.7 Å². The SMILES string of the molecule is N#Cc1ccc(S(=O)(=O)CCCS(=O)(=O)Cl)cc1C#N. The Morgan fingerprint density at radius 2 is 1.60 bits per heavy atom. The predicted octanol–water partition coefficient (Wildman–Crippen LogP) is 1.16. The molecule has 0 amide bonds. The van der Waals surface area contributed by atoms with Crippen molar-refractivity contribution in [2.75, 3.05) is 11.5 Å². The Kier molecular flexibility index (Phi) is 5.12. The summed E-state index contributed by atoms with van der Waals surface area (Å²) in [6.07, 6.45) is -0.143. The Balaban J connectivity index is 3.00. The molecule has 0 heterocycles. The van der Waals surface area contributed by atoms with Gasteiger partial charge in [0.1, 0.15) is 12.1 Å². The molecule has 1 rings (SSSR count). The Bertz CT molecular complexity index is 802. The molecule has 0 radical (unpaired) electrons. The van der Waals surface area contributed by atoms with Crippen molar-refractivity contribution >= 4 is 29.6 Å². The fourth-order valence-corrected chi connectivity index (χ4v) is 3.78. The third-order valence-corrected chi connectivity index (χ3v) is 5.43. The van der Waals surface area contributed by atoms with Crippen LogP contribution in [-0.2, 0) is 18.9 Å². The van der Waals surface area contributed by atoms with E-state index in [1.54, 1.807) is 12.1 Å². The zero-order valence-corrected chi connectivity index (χ0v) is 12.5. The lowest BCUT2D eigenvalue weighted by Crippen LogP contribution is -2.11. The van der Waals surface area contributed by atoms with E-state index in [2.05, 4.69) is 0 Å². The summed E-state index contributed by atoms with van der Waals surface area (Å²) >= 11 is 0. The van der Waals surface area contributed by atoms with Crippen LogP contribution in [0.4, 0.5) is 0 Å². The quantitative estimate of drug-likeness (QED) is 0.747. The second-order valence-corrected chi connectivity index (χ2v) is 8.85. The van der Waals surface area contributed by atoms with Gasteiger partial charge >= 0.3 is 0 Å². The minimum atomic E-state index is -3.74. The van der Waals surface area contributed by atoms with Crippen molar-refractivity contribution in [2.24, 2.45) is 0 Å². The molecule has 0 aliphatic carbocycles. The van der Waals surface area contributed by atoms with Crippen LogP contribution in [-0.4, -0.2) is 28.3 Å². The second-order valence-electron chi connectivity index (χ2n) is 3.85. The maximum atomic E-state index is 12.0. The molecule has 0 N–H and O–H groups in total. The van der Waals surface area contributed by atoms with Crippen molar-refractivity contribution in [1.82, 2.24) is 0 Å². The topological polar surface area (TPSA) is 116 Å². The van der Waals surface area contributed by atoms with E-state index >= 15 is 0 Å². The molecule has 1 aromatic carbocycles. The van der Waals surface area contributed by atoms with E-state index in [-0.39, 0.29) is 22.4 Å². The number of nitriles is 2. The summed E-state index contributed by atoms with van der Waals surface area (Å²) in [5, 5.41) is 17.6. The van der Waals surface area contributed by atoms with E-state index in [1.807, 2.05) is 0 Å². The van der Waals surface area contributed by atoms with Crippen LogP contribution in [0.1, 0.15) is 17.5 Å². The van der Waals surface area contributed by atoms with Gasteiger partial charge in [-0.2, -0.15) is 10.5 Å². The normalized spacial score (nSPS) is 11.6. The summed E-state index contributed by atoms with van der Waals surface area (Å²) in [4.78, 5) is -0.125. The largest absolute Gasteiger partial charge is 0.232 e. The van der Waals surface area contributed by atoms with Crippen LogP contribution in [0.3, 0.4) is 0 Å². The molecular formula is C11H9ClN2O4S2. The first kappa shape index (κ1) is 16.4. The lowest BCUT2D eigenvalue weighted by molar-refractivity contribution is 0.593. The average molecular weight is 333 g/mol. The van der Waals surface area contributed by atoms with Crippen LogP contribution in [0.15, 0.2) is 23.1 Å². The maximum absolute atomic E-state index is 12.0. The molecule has 106 valence electrons. The first-order chi connectivity index (χ1) is 9.19. The minimum absolute atomic E-state index is 0.0430. The lowest BCUT2D eigenvalue weighted by atomic mass is 10.1. The summed E-state index contributed by atoms with van der Waals surface area (Å²) < 4.78 is 45.4. The highest BCUT2D eigenvalue weighted by Gasteiger charge is 2.17. The summed E-state index contributed by atoms with van der Waals surface area (Å²) in [5.74, 6) is -0.856. The number of nitrogens with zero attached hydrogens (tertiary/aromatic N) is 2. The molecule has 0 bridgehead atoms. The van der Waals surface area contributed by atoms with Crippen molar-refractivity contribution < 1.29 is 16.8 Å². The van der Waals surface area contributed by atoms with Crippen LogP contribution in [0.5, 0.6) is 0 Å². The smallest absolute Gasteiger partial charge is 0.224 e. The number of halogens is 1. The average Bonchev–Trinajstić information content (AvgIpc) is 2.36. The molecular weight excluding hydrogens is 324 g/mol. The van der Waals surface area contributed by atoms with Crippen molar-refractivity contribution in [3.8, 4) is 12.1 Å². The summed E-state index contributed by atoms with van der Waals surface area (Å²) in [6, 6.07) is 7.06. The highest BCUT2D eigenvalue weighted by Crippen LogP contribution is 2.17. The van der Waals surface area contributed by atoms with Gasteiger partial charge in [-0.25, -0.2) is 16.8 Å². The van der Waals surface area contributed by atoms with Gasteiger partial charge < -0.3 is 0 Å². The number of benzene rings is 1. The zero-order chi connectivity index (χ0) is 15.4. The second kappa shape index (κ2) is 6.23. The third kappa shape index (κ3) is 4.49. The van der Waals surface area contributed by atoms with Gasteiger partial charge in [-0.15, -0.1) is 0 Å². The Hall–Kier alpha value is -1.61. The molecule has 0 unspecified atom stereocenters. The summed E-state index contributed by atoms with van der Waals surface area (Å²) in [7, 11) is -2.47. The van der Waals surface area contributed by atoms with E-state index < -0.39 is 30.4 Å². The van der Waals surface area contributed by atoms with Crippen molar-refractivity contribution in [3.05, 3.63) is 29.3 Å². The van der Waals surface area contributed by atoms with Gasteiger partial charge in [0.25, 0.3) is 0 Å². The number of hydrogen-bond acceptors (Lipinski definition) is 6. The molecule has 0 aliphatic heterocycles. The molecule has 0 aromatic heterocycles. The fraction of sp³-hybridized carbons (Fsp3) is 0.273. The minimum Gasteiger partial charge on any atom is -0.224 e. The first-order valence-corrected chi connectivity index (χ1v) is 9.42. The molecule has 6 nitrogen and oxygen atoms in total. The van der Waals surface area contributed by atoms with E-state index in [0.29, 0.717) is 0 Å². The van der Waals surface area contributed by atoms with Crippen molar-refractivity contribution in [3.63, 3.8) is 0 Å². The number of hydrogen-bond donors (Lipinski definition) is 0. The van der Waals surface area contributed by atoms with Gasteiger partial charge in [0.2, 0.25) is 9.05 Å². The highest BCUT2D eigenvalue weighted by molar-refractivity contribution is 8.13. The molecule has 0 fully saturated rings. The highest BCUT2D eigenvalue weighted by atomic mass is 35.7. The molecule has 1 aromatic rings. The van der Waals surface area contributed by atoms with Gasteiger partial charge in [0.15, 0.2) is 9.84 Å². The van der Waals surface area contributed by atoms with Gasteiger partial charge in [0.05, 0.1) is 27.5 Å². The maximum Gasteiger partial charge on any atom is 0.232 e. The number of sulfone groups is 1. The molecule has 20 heavy (non-hydrogen) atoms. The van der Waals surface area contributed by atoms with Crippen LogP contribution in [0.2, 0.25) is 0 Å². The van der Waals surface area contributed by atoms with Crippen molar-refractivity contribution in [2.45, 2.75) is 11.3 Å². The zero-order valence-electron chi connectivity index (χ0n) is 10.1. The van der Waals surface area contributed by atoms with E-state index in [1.165, 1.54) is 12.1 Å². The molecule has 9 heteroatoms. The molecule has 0 saturated carbocycles. The van der Waals surface area contributed by atoms with Gasteiger partial charge in [-0.05, 0) is 24.6 Å². The van der Waals surface area contributed by atoms with Crippen LogP contribution in [0.25, 0.3) is 0 Å². The Labute approximate surface area is 121 Å². The van der Waals surface area contributed by atoms with Crippen molar-refractivity contribution in [1.29, 1.82) is 10.5 Å². The molecule has 0 spiro atoms. The molecule has 0 aliphatic rings. The summed E-state index contributed by atoms with van der Waals surface area (Å²) in [5.41, 5.74) is 0.0355. The van der Waals surface area contributed by atoms with Gasteiger partial charge in [0, 0.05) is 10.7 Å². The lowest BCUT2D eigenvalue weighted by Gasteiger charge is -2.04. The van der Waals surface area contributed by atoms with Crippen LogP contribution < -0.4 is 0 Å².